The zero-order valence-corrected chi connectivity index (χ0v) is 10.1. The first-order valence-corrected chi connectivity index (χ1v) is 5.75. The molecule has 4 nitrogen and oxygen atoms in total. The Bertz CT molecular complexity index is 610. The van der Waals surface area contributed by atoms with Gasteiger partial charge in [-0.3, -0.25) is 0 Å². The van der Waals surface area contributed by atoms with Crippen molar-refractivity contribution in [3.8, 4) is 5.75 Å². The highest BCUT2D eigenvalue weighted by molar-refractivity contribution is 7.10. The van der Waals surface area contributed by atoms with Crippen LogP contribution in [0.3, 0.4) is 0 Å². The third-order valence-electron chi connectivity index (χ3n) is 2.11. The summed E-state index contributed by atoms with van der Waals surface area (Å²) in [6, 6.07) is 5.33. The van der Waals surface area contributed by atoms with Crippen molar-refractivity contribution in [2.45, 2.75) is 6.18 Å². The molecule has 0 bridgehead atoms. The van der Waals surface area contributed by atoms with Gasteiger partial charge in [0.25, 0.3) is 0 Å². The summed E-state index contributed by atoms with van der Waals surface area (Å²) in [5.74, 6) is -1.06. The fourth-order valence-corrected chi connectivity index (χ4v) is 1.78. The molecule has 0 spiro atoms. The number of ether oxygens (including phenoxy) is 1. The number of nitrogens with two attached hydrogens (primary N) is 1. The van der Waals surface area contributed by atoms with Crippen LogP contribution in [0.15, 0.2) is 30.3 Å². The van der Waals surface area contributed by atoms with Gasteiger partial charge in [0.2, 0.25) is 0 Å². The first-order valence-electron chi connectivity index (χ1n) is 4.98. The predicted molar refractivity (Wildman–Crippen MR) is 62.9 cm³/mol. The first-order chi connectivity index (χ1) is 8.86. The molecule has 1 aromatic carbocycles. The van der Waals surface area contributed by atoms with Crippen LogP contribution in [-0.4, -0.2) is 10.3 Å². The van der Waals surface area contributed by atoms with Crippen LogP contribution in [0.25, 0.3) is 0 Å². The van der Waals surface area contributed by atoms with E-state index in [0.717, 1.165) is 29.7 Å². The van der Waals surface area contributed by atoms with Crippen molar-refractivity contribution >= 4 is 22.5 Å². The third kappa shape index (κ3) is 3.22. The van der Waals surface area contributed by atoms with Gasteiger partial charge in [-0.1, -0.05) is 6.07 Å². The van der Waals surface area contributed by atoms with Gasteiger partial charge in [-0.2, -0.15) is 17.5 Å². The molecule has 2 N–H and O–H groups in total. The van der Waals surface area contributed by atoms with Crippen molar-refractivity contribution in [1.82, 2.24) is 4.37 Å². The lowest BCUT2D eigenvalue weighted by atomic mass is 10.2. The van der Waals surface area contributed by atoms with Crippen molar-refractivity contribution in [2.75, 3.05) is 5.73 Å². The van der Waals surface area contributed by atoms with Gasteiger partial charge in [0.15, 0.2) is 5.69 Å². The first kappa shape index (κ1) is 13.3. The van der Waals surface area contributed by atoms with Gasteiger partial charge in [0.1, 0.15) is 10.8 Å². The van der Waals surface area contributed by atoms with E-state index in [1.807, 2.05) is 0 Å². The largest absolute Gasteiger partial charge is 0.422 e. The number of halogens is 3. The van der Waals surface area contributed by atoms with Crippen LogP contribution in [0.1, 0.15) is 16.1 Å². The summed E-state index contributed by atoms with van der Waals surface area (Å²) in [5.41, 5.74) is 4.46. The topological polar surface area (TPSA) is 65.2 Å². The summed E-state index contributed by atoms with van der Waals surface area (Å²) < 4.78 is 45.9. The Balaban J connectivity index is 2.18. The molecule has 0 saturated carbocycles. The molecule has 8 heteroatoms. The molecule has 100 valence electrons. The SMILES string of the molecule is Nc1cc(C(=O)Oc2cccc(C(F)(F)F)c2)ns1. The molecule has 0 unspecified atom stereocenters. The summed E-state index contributed by atoms with van der Waals surface area (Å²) in [5, 5.41) is 0.316. The Hall–Kier alpha value is -2.09. The highest BCUT2D eigenvalue weighted by atomic mass is 32.1. The number of rotatable bonds is 2. The van der Waals surface area contributed by atoms with Gasteiger partial charge in [-0.25, -0.2) is 4.79 Å². The number of nitrogen functional groups attached to an aromatic ring is 1. The van der Waals surface area contributed by atoms with Crippen LogP contribution in [0.5, 0.6) is 5.75 Å². The minimum atomic E-state index is -4.49. The Kier molecular flexibility index (Phi) is 3.43. The number of alkyl halides is 3. The highest BCUT2D eigenvalue weighted by Crippen LogP contribution is 2.31. The molecule has 0 radical (unpaired) electrons. The maximum Gasteiger partial charge on any atom is 0.416 e. The third-order valence-corrected chi connectivity index (χ3v) is 2.73. The van der Waals surface area contributed by atoms with Crippen molar-refractivity contribution in [1.29, 1.82) is 0 Å². The number of nitrogens with zero attached hydrogens (tertiary/aromatic N) is 1. The second-order valence-electron chi connectivity index (χ2n) is 3.53. The summed E-state index contributed by atoms with van der Waals surface area (Å²) in [4.78, 5) is 11.6. The molecule has 1 heterocycles. The van der Waals surface area contributed by atoms with E-state index in [9.17, 15) is 18.0 Å². The number of aromatic nitrogens is 1. The molecule has 19 heavy (non-hydrogen) atoms. The van der Waals surface area contributed by atoms with Crippen molar-refractivity contribution in [3.05, 3.63) is 41.6 Å². The van der Waals surface area contributed by atoms with E-state index in [-0.39, 0.29) is 11.4 Å². The molecule has 1 aromatic heterocycles. The van der Waals surface area contributed by atoms with E-state index >= 15 is 0 Å². The van der Waals surface area contributed by atoms with Crippen LogP contribution in [0.4, 0.5) is 18.2 Å². The minimum absolute atomic E-state index is 0.0417. The van der Waals surface area contributed by atoms with Crippen LogP contribution < -0.4 is 10.5 Å². The molecule has 0 atom stereocenters. The van der Waals surface area contributed by atoms with Gasteiger partial charge < -0.3 is 10.5 Å². The Morgan fingerprint density at radius 2 is 2.05 bits per heavy atom. The van der Waals surface area contributed by atoms with Crippen LogP contribution in [-0.2, 0) is 6.18 Å². The smallest absolute Gasteiger partial charge is 0.416 e. The summed E-state index contributed by atoms with van der Waals surface area (Å²) >= 11 is 0.898. The van der Waals surface area contributed by atoms with Crippen LogP contribution in [0.2, 0.25) is 0 Å². The molecule has 0 aliphatic rings. The maximum absolute atomic E-state index is 12.5. The predicted octanol–water partition coefficient (Wildman–Crippen LogP) is 2.96. The average molecular weight is 288 g/mol. The zero-order chi connectivity index (χ0) is 14.0. The molecule has 0 saturated heterocycles. The lowest BCUT2D eigenvalue weighted by molar-refractivity contribution is -0.137. The lowest BCUT2D eigenvalue weighted by Crippen LogP contribution is -2.10. The molecule has 0 aliphatic heterocycles. The van der Waals surface area contributed by atoms with Gasteiger partial charge >= 0.3 is 12.1 Å². The summed E-state index contributed by atoms with van der Waals surface area (Å²) in [7, 11) is 0. The number of anilines is 1. The second-order valence-corrected chi connectivity index (χ2v) is 4.37. The van der Waals surface area contributed by atoms with Crippen molar-refractivity contribution < 1.29 is 22.7 Å². The van der Waals surface area contributed by atoms with Crippen molar-refractivity contribution in [2.24, 2.45) is 0 Å². The zero-order valence-electron chi connectivity index (χ0n) is 9.27. The lowest BCUT2D eigenvalue weighted by Gasteiger charge is -2.08. The number of esters is 1. The molecular weight excluding hydrogens is 281 g/mol. The Labute approximate surface area is 109 Å². The van der Waals surface area contributed by atoms with Crippen LogP contribution in [0, 0.1) is 0 Å². The molecule has 0 amide bonds. The van der Waals surface area contributed by atoms with Crippen molar-refractivity contribution in [3.63, 3.8) is 0 Å². The second kappa shape index (κ2) is 4.88. The van der Waals surface area contributed by atoms with Gasteiger partial charge in [-0.05, 0) is 29.7 Å². The molecule has 0 fully saturated rings. The molecular formula is C11H7F3N2O2S. The van der Waals surface area contributed by atoms with Crippen LogP contribution >= 0.6 is 11.5 Å². The minimum Gasteiger partial charge on any atom is -0.422 e. The Morgan fingerprint density at radius 3 is 2.63 bits per heavy atom. The van der Waals surface area contributed by atoms with Gasteiger partial charge in [0, 0.05) is 6.07 Å². The summed E-state index contributed by atoms with van der Waals surface area (Å²) in [6.45, 7) is 0. The quantitative estimate of drug-likeness (QED) is 0.681. The standard InChI is InChI=1S/C11H7F3N2O2S/c12-11(13,14)6-2-1-3-7(4-6)18-10(17)8-5-9(15)19-16-8/h1-5H,15H2. The molecule has 0 aliphatic carbocycles. The normalized spacial score (nSPS) is 11.3. The van der Waals surface area contributed by atoms with E-state index in [1.54, 1.807) is 0 Å². The van der Waals surface area contributed by atoms with Gasteiger partial charge in [0.05, 0.1) is 5.56 Å². The fraction of sp³-hybridized carbons (Fsp3) is 0.0909. The molecule has 2 aromatic rings. The van der Waals surface area contributed by atoms with E-state index in [2.05, 4.69) is 4.37 Å². The van der Waals surface area contributed by atoms with E-state index in [1.165, 1.54) is 12.1 Å². The number of carbonyl (C=O) groups is 1. The fourth-order valence-electron chi connectivity index (χ4n) is 1.28. The molecule has 2 rings (SSSR count). The number of carbonyl (C=O) groups excluding carboxylic acids is 1. The Morgan fingerprint density at radius 1 is 1.32 bits per heavy atom. The average Bonchev–Trinajstić information content (AvgIpc) is 2.75. The monoisotopic (exact) mass is 288 g/mol. The van der Waals surface area contributed by atoms with Gasteiger partial charge in [-0.15, -0.1) is 0 Å². The summed E-state index contributed by atoms with van der Waals surface area (Å²) in [6.07, 6.45) is -4.49. The number of benzene rings is 1. The number of hydrogen-bond donors (Lipinski definition) is 1. The maximum atomic E-state index is 12.5. The van der Waals surface area contributed by atoms with E-state index in [0.29, 0.717) is 5.00 Å². The van der Waals surface area contributed by atoms with E-state index < -0.39 is 17.7 Å². The van der Waals surface area contributed by atoms with E-state index in [4.69, 9.17) is 10.5 Å². The number of hydrogen-bond acceptors (Lipinski definition) is 5. The highest BCUT2D eigenvalue weighted by Gasteiger charge is 2.30.